The summed E-state index contributed by atoms with van der Waals surface area (Å²) in [6.07, 6.45) is 0. The fourth-order valence-electron chi connectivity index (χ4n) is 2.61. The number of rotatable bonds is 5. The Balaban J connectivity index is 1.49. The summed E-state index contributed by atoms with van der Waals surface area (Å²) in [7, 11) is 0. The maximum absolute atomic E-state index is 13.1. The molecule has 0 saturated carbocycles. The van der Waals surface area contributed by atoms with E-state index < -0.39 is 0 Å². The van der Waals surface area contributed by atoms with E-state index in [1.165, 1.54) is 29.0 Å². The van der Waals surface area contributed by atoms with Gasteiger partial charge in [-0.15, -0.1) is 21.5 Å². The molecule has 2 aromatic carbocycles. The van der Waals surface area contributed by atoms with Crippen LogP contribution < -0.4 is 0 Å². The van der Waals surface area contributed by atoms with E-state index in [-0.39, 0.29) is 5.82 Å². The van der Waals surface area contributed by atoms with Crippen LogP contribution in [0.4, 0.5) is 4.39 Å². The largest absolute Gasteiger partial charge is 0.241 e. The second-order valence-corrected chi connectivity index (χ2v) is 8.54. The van der Waals surface area contributed by atoms with Gasteiger partial charge in [0.25, 0.3) is 0 Å². The molecule has 0 aliphatic rings. The third-order valence-electron chi connectivity index (χ3n) is 4.06. The highest BCUT2D eigenvalue weighted by molar-refractivity contribution is 7.98. The lowest BCUT2D eigenvalue weighted by atomic mass is 10.2. The first kappa shape index (κ1) is 19.1. The average molecular weight is 428 g/mol. The Hall–Kier alpha value is -2.28. The van der Waals surface area contributed by atoms with Crippen molar-refractivity contribution in [3.63, 3.8) is 0 Å². The smallest absolute Gasteiger partial charge is 0.124 e. The lowest BCUT2D eigenvalue weighted by Gasteiger charge is -2.02. The third-order valence-corrected chi connectivity index (χ3v) is 6.53. The third kappa shape index (κ3) is 4.41. The second kappa shape index (κ2) is 8.39. The molecule has 2 aromatic heterocycles. The van der Waals surface area contributed by atoms with Crippen molar-refractivity contribution in [2.75, 3.05) is 0 Å². The van der Waals surface area contributed by atoms with Crippen LogP contribution in [0.1, 0.15) is 11.3 Å². The predicted molar refractivity (Wildman–Crippen MR) is 114 cm³/mol. The number of halogens is 2. The Morgan fingerprint density at radius 2 is 1.71 bits per heavy atom. The number of hydrogen-bond donors (Lipinski definition) is 0. The van der Waals surface area contributed by atoms with Crippen molar-refractivity contribution in [3.05, 3.63) is 82.8 Å². The highest BCUT2D eigenvalue weighted by atomic mass is 35.5. The van der Waals surface area contributed by atoms with E-state index in [9.17, 15) is 4.39 Å². The van der Waals surface area contributed by atoms with Crippen LogP contribution in [0.15, 0.2) is 65.7 Å². The van der Waals surface area contributed by atoms with Gasteiger partial charge >= 0.3 is 0 Å². The lowest BCUT2D eigenvalue weighted by Crippen LogP contribution is -1.90. The quantitative estimate of drug-likeness (QED) is 0.334. The molecular weight excluding hydrogens is 413 g/mol. The summed E-state index contributed by atoms with van der Waals surface area (Å²) in [6.45, 7) is 1.95. The number of nitrogens with zero attached hydrogens (tertiary/aromatic N) is 3. The molecule has 0 fully saturated rings. The maximum Gasteiger partial charge on any atom is 0.124 e. The molecule has 0 aliphatic heterocycles. The van der Waals surface area contributed by atoms with E-state index in [0.717, 1.165) is 42.6 Å². The monoisotopic (exact) mass is 427 g/mol. The molecule has 0 spiro atoms. The zero-order valence-electron chi connectivity index (χ0n) is 14.9. The number of aryl methyl sites for hydroxylation is 1. The van der Waals surface area contributed by atoms with E-state index in [1.54, 1.807) is 23.9 Å². The first-order valence-electron chi connectivity index (χ1n) is 8.53. The van der Waals surface area contributed by atoms with E-state index >= 15 is 0 Å². The van der Waals surface area contributed by atoms with Crippen molar-refractivity contribution in [1.82, 2.24) is 15.2 Å². The number of thioether (sulfide) groups is 1. The zero-order valence-corrected chi connectivity index (χ0v) is 17.3. The minimum atomic E-state index is -0.255. The Bertz CT molecular complexity index is 1080. The first-order valence-corrected chi connectivity index (χ1v) is 10.7. The van der Waals surface area contributed by atoms with Gasteiger partial charge in [0, 0.05) is 16.3 Å². The van der Waals surface area contributed by atoms with Gasteiger partial charge in [-0.1, -0.05) is 35.5 Å². The molecule has 3 nitrogen and oxygen atoms in total. The molecule has 0 atom stereocenters. The van der Waals surface area contributed by atoms with Crippen molar-refractivity contribution in [3.8, 4) is 21.1 Å². The highest BCUT2D eigenvalue weighted by Gasteiger charge is 2.13. The summed E-state index contributed by atoms with van der Waals surface area (Å²) in [5.74, 6) is 0.550. The van der Waals surface area contributed by atoms with Crippen LogP contribution in [0.5, 0.6) is 0 Å². The van der Waals surface area contributed by atoms with E-state index in [2.05, 4.69) is 15.2 Å². The summed E-state index contributed by atoms with van der Waals surface area (Å²) in [4.78, 5) is 5.58. The van der Waals surface area contributed by atoms with Gasteiger partial charge in [-0.3, -0.25) is 0 Å². The number of benzene rings is 2. The molecule has 4 aromatic rings. The molecular formula is C21H15ClFN3S2. The molecule has 0 radical (unpaired) electrons. The van der Waals surface area contributed by atoms with E-state index in [4.69, 9.17) is 11.6 Å². The number of hydrogen-bond acceptors (Lipinski definition) is 5. The van der Waals surface area contributed by atoms with Crippen molar-refractivity contribution in [1.29, 1.82) is 0 Å². The number of thiazole rings is 1. The molecule has 0 aliphatic carbocycles. The molecule has 4 rings (SSSR count). The van der Waals surface area contributed by atoms with Crippen LogP contribution >= 0.6 is 34.7 Å². The molecule has 0 unspecified atom stereocenters. The van der Waals surface area contributed by atoms with Gasteiger partial charge in [0.1, 0.15) is 21.5 Å². The van der Waals surface area contributed by atoms with Gasteiger partial charge in [0.15, 0.2) is 0 Å². The van der Waals surface area contributed by atoms with Crippen LogP contribution in [0, 0.1) is 12.7 Å². The standard InChI is InChI=1S/C21H15ClFN3S2/c1-13-20(28-21(24-13)15-4-8-17(23)9-5-15)18-10-11-19(26-25-18)27-12-14-2-6-16(22)7-3-14/h2-11H,12H2,1H3. The maximum atomic E-state index is 13.1. The molecule has 0 N–H and O–H groups in total. The van der Waals surface area contributed by atoms with Crippen molar-refractivity contribution < 1.29 is 4.39 Å². The number of aromatic nitrogens is 3. The van der Waals surface area contributed by atoms with E-state index in [0.29, 0.717) is 0 Å². The van der Waals surface area contributed by atoms with Gasteiger partial charge < -0.3 is 0 Å². The lowest BCUT2D eigenvalue weighted by molar-refractivity contribution is 0.628. The summed E-state index contributed by atoms with van der Waals surface area (Å²) in [6, 6.07) is 18.1. The average Bonchev–Trinajstić information content (AvgIpc) is 3.10. The Morgan fingerprint density at radius 1 is 0.964 bits per heavy atom. The fraction of sp³-hybridized carbons (Fsp3) is 0.0952. The second-order valence-electron chi connectivity index (χ2n) is 6.11. The minimum absolute atomic E-state index is 0.255. The van der Waals surface area contributed by atoms with Gasteiger partial charge in [-0.05, 0) is 61.0 Å². The topological polar surface area (TPSA) is 38.7 Å². The van der Waals surface area contributed by atoms with Gasteiger partial charge in [0.05, 0.1) is 10.6 Å². The first-order chi connectivity index (χ1) is 13.6. The minimum Gasteiger partial charge on any atom is -0.241 e. The summed E-state index contributed by atoms with van der Waals surface area (Å²) in [5.41, 5.74) is 3.76. The molecule has 2 heterocycles. The van der Waals surface area contributed by atoms with Crippen molar-refractivity contribution in [2.24, 2.45) is 0 Å². The van der Waals surface area contributed by atoms with Crippen molar-refractivity contribution in [2.45, 2.75) is 17.7 Å². The molecule has 7 heteroatoms. The van der Waals surface area contributed by atoms with Crippen LogP contribution in [0.2, 0.25) is 5.02 Å². The summed E-state index contributed by atoms with van der Waals surface area (Å²) in [5, 5.41) is 11.2. The van der Waals surface area contributed by atoms with Gasteiger partial charge in [0.2, 0.25) is 0 Å². The van der Waals surface area contributed by atoms with Gasteiger partial charge in [-0.2, -0.15) is 0 Å². The normalized spacial score (nSPS) is 11.0. The Kier molecular flexibility index (Phi) is 5.71. The van der Waals surface area contributed by atoms with Crippen LogP contribution in [-0.4, -0.2) is 15.2 Å². The molecule has 28 heavy (non-hydrogen) atoms. The Labute approximate surface area is 175 Å². The molecule has 0 bridgehead atoms. The van der Waals surface area contributed by atoms with Gasteiger partial charge in [-0.25, -0.2) is 9.37 Å². The fourth-order valence-corrected chi connectivity index (χ4v) is 4.54. The van der Waals surface area contributed by atoms with Crippen LogP contribution in [-0.2, 0) is 5.75 Å². The van der Waals surface area contributed by atoms with Crippen molar-refractivity contribution >= 4 is 34.7 Å². The van der Waals surface area contributed by atoms with Crippen LogP contribution in [0.25, 0.3) is 21.1 Å². The zero-order chi connectivity index (χ0) is 19.5. The molecule has 140 valence electrons. The van der Waals surface area contributed by atoms with Crippen LogP contribution in [0.3, 0.4) is 0 Å². The summed E-state index contributed by atoms with van der Waals surface area (Å²) < 4.78 is 13.1. The SMILES string of the molecule is Cc1nc(-c2ccc(F)cc2)sc1-c1ccc(SCc2ccc(Cl)cc2)nn1. The van der Waals surface area contributed by atoms with E-state index in [1.807, 2.05) is 43.3 Å². The predicted octanol–water partition coefficient (Wildman–Crippen LogP) is 6.66. The highest BCUT2D eigenvalue weighted by Crippen LogP contribution is 2.34. The molecule has 0 saturated heterocycles. The molecule has 0 amide bonds. The Morgan fingerprint density at radius 3 is 2.39 bits per heavy atom. The summed E-state index contributed by atoms with van der Waals surface area (Å²) >= 11 is 9.08.